The Morgan fingerprint density at radius 1 is 1.46 bits per heavy atom. The zero-order valence-electron chi connectivity index (χ0n) is 7.39. The Balaban J connectivity index is 2.64. The second-order valence-corrected chi connectivity index (χ2v) is 4.21. The first-order chi connectivity index (χ1) is 6.24. The Kier molecular flexibility index (Phi) is 4.54. The second kappa shape index (κ2) is 5.46. The summed E-state index contributed by atoms with van der Waals surface area (Å²) in [7, 11) is 0. The highest BCUT2D eigenvalue weighted by Gasteiger charge is 1.99. The number of benzene rings is 1. The lowest BCUT2D eigenvalue weighted by atomic mass is 10.1. The van der Waals surface area contributed by atoms with Crippen LogP contribution in [0.5, 0.6) is 0 Å². The summed E-state index contributed by atoms with van der Waals surface area (Å²) in [6.45, 7) is 3.69. The summed E-state index contributed by atoms with van der Waals surface area (Å²) in [5.74, 6) is 0. The highest BCUT2D eigenvalue weighted by Crippen LogP contribution is 2.22. The van der Waals surface area contributed by atoms with Crippen molar-refractivity contribution < 1.29 is 0 Å². The van der Waals surface area contributed by atoms with E-state index >= 15 is 0 Å². The minimum absolute atomic E-state index is 0.803. The summed E-state index contributed by atoms with van der Waals surface area (Å²) in [4.78, 5) is 0. The molecule has 0 saturated carbocycles. The average Bonchev–Trinajstić information content (AvgIpc) is 2.11. The van der Waals surface area contributed by atoms with Gasteiger partial charge in [0.25, 0.3) is 0 Å². The highest BCUT2D eigenvalue weighted by atomic mass is 79.9. The van der Waals surface area contributed by atoms with E-state index in [0.29, 0.717) is 0 Å². The molecule has 0 spiro atoms. The van der Waals surface area contributed by atoms with Gasteiger partial charge in [-0.2, -0.15) is 0 Å². The second-order valence-electron chi connectivity index (χ2n) is 2.92. The minimum atomic E-state index is 0.803. The van der Waals surface area contributed by atoms with Crippen LogP contribution < -0.4 is 0 Å². The molecule has 0 N–H and O–H groups in total. The first-order valence-corrected chi connectivity index (χ1v) is 5.46. The van der Waals surface area contributed by atoms with Gasteiger partial charge < -0.3 is 0 Å². The van der Waals surface area contributed by atoms with Crippen molar-refractivity contribution in [3.05, 3.63) is 45.9 Å². The maximum Gasteiger partial charge on any atom is 0.0409 e. The van der Waals surface area contributed by atoms with Gasteiger partial charge >= 0.3 is 0 Å². The third-order valence-electron chi connectivity index (χ3n) is 1.86. The van der Waals surface area contributed by atoms with Crippen molar-refractivity contribution >= 4 is 27.5 Å². The highest BCUT2D eigenvalue weighted by molar-refractivity contribution is 9.10. The smallest absolute Gasteiger partial charge is 0.0409 e. The van der Waals surface area contributed by atoms with E-state index in [1.165, 1.54) is 5.56 Å². The zero-order valence-corrected chi connectivity index (χ0v) is 9.74. The molecule has 2 heteroatoms. The molecule has 0 aliphatic heterocycles. The van der Waals surface area contributed by atoms with E-state index in [2.05, 4.69) is 22.5 Å². The molecule has 0 aliphatic carbocycles. The van der Waals surface area contributed by atoms with E-state index < -0.39 is 0 Å². The number of halogens is 2. The van der Waals surface area contributed by atoms with E-state index in [0.717, 1.165) is 28.8 Å². The van der Waals surface area contributed by atoms with Crippen LogP contribution >= 0.6 is 27.5 Å². The molecule has 0 fully saturated rings. The van der Waals surface area contributed by atoms with Crippen LogP contribution in [0.25, 0.3) is 0 Å². The van der Waals surface area contributed by atoms with Gasteiger partial charge in [0.1, 0.15) is 0 Å². The van der Waals surface area contributed by atoms with Crippen LogP contribution in [0.3, 0.4) is 0 Å². The number of rotatable bonds is 4. The van der Waals surface area contributed by atoms with Crippen molar-refractivity contribution in [2.75, 3.05) is 0 Å². The SMILES string of the molecule is C=CCCCc1cc(Cl)ccc1Br. The molecule has 70 valence electrons. The molecule has 0 aromatic heterocycles. The van der Waals surface area contributed by atoms with Crippen LogP contribution in [0.15, 0.2) is 35.3 Å². The van der Waals surface area contributed by atoms with Crippen LogP contribution in [-0.4, -0.2) is 0 Å². The Bertz CT molecular complexity index is 294. The number of unbranched alkanes of at least 4 members (excludes halogenated alkanes) is 1. The fourth-order valence-corrected chi connectivity index (χ4v) is 1.81. The molecule has 0 nitrogen and oxygen atoms in total. The Morgan fingerprint density at radius 2 is 2.23 bits per heavy atom. The van der Waals surface area contributed by atoms with Crippen LogP contribution in [0, 0.1) is 0 Å². The fraction of sp³-hybridized carbons (Fsp3) is 0.273. The molecule has 13 heavy (non-hydrogen) atoms. The van der Waals surface area contributed by atoms with Crippen LogP contribution in [0.2, 0.25) is 5.02 Å². The molecule has 1 rings (SSSR count). The summed E-state index contributed by atoms with van der Waals surface area (Å²) in [6.07, 6.45) is 5.17. The van der Waals surface area contributed by atoms with Crippen molar-refractivity contribution in [2.24, 2.45) is 0 Å². The van der Waals surface area contributed by atoms with Gasteiger partial charge in [0.2, 0.25) is 0 Å². The van der Waals surface area contributed by atoms with Gasteiger partial charge in [0, 0.05) is 9.50 Å². The van der Waals surface area contributed by atoms with Crippen molar-refractivity contribution in [1.29, 1.82) is 0 Å². The summed E-state index contributed by atoms with van der Waals surface area (Å²) >= 11 is 9.39. The monoisotopic (exact) mass is 258 g/mol. The largest absolute Gasteiger partial charge is 0.103 e. The van der Waals surface area contributed by atoms with Crippen molar-refractivity contribution in [2.45, 2.75) is 19.3 Å². The minimum Gasteiger partial charge on any atom is -0.103 e. The topological polar surface area (TPSA) is 0 Å². The van der Waals surface area contributed by atoms with Gasteiger partial charge in [-0.05, 0) is 43.0 Å². The van der Waals surface area contributed by atoms with Crippen molar-refractivity contribution in [3.63, 3.8) is 0 Å². The van der Waals surface area contributed by atoms with Gasteiger partial charge in [-0.1, -0.05) is 33.6 Å². The molecular weight excluding hydrogens is 247 g/mol. The number of allylic oxidation sites excluding steroid dienone is 1. The Morgan fingerprint density at radius 3 is 2.92 bits per heavy atom. The molecular formula is C11H12BrCl. The molecule has 0 atom stereocenters. The number of hydrogen-bond acceptors (Lipinski definition) is 0. The predicted octanol–water partition coefficient (Wildman–Crippen LogP) is 4.61. The third kappa shape index (κ3) is 3.53. The molecule has 0 amide bonds. The molecule has 0 unspecified atom stereocenters. The number of aryl methyl sites for hydroxylation is 1. The Labute approximate surface area is 92.7 Å². The zero-order chi connectivity index (χ0) is 9.68. The van der Waals surface area contributed by atoms with E-state index in [1.54, 1.807) is 0 Å². The fourth-order valence-electron chi connectivity index (χ4n) is 1.17. The lowest BCUT2D eigenvalue weighted by Gasteiger charge is -2.03. The molecule has 0 saturated heterocycles. The molecule has 0 aliphatic rings. The maximum absolute atomic E-state index is 5.89. The van der Waals surface area contributed by atoms with E-state index in [4.69, 9.17) is 11.6 Å². The van der Waals surface area contributed by atoms with Crippen LogP contribution in [-0.2, 0) is 6.42 Å². The molecule has 0 radical (unpaired) electrons. The van der Waals surface area contributed by atoms with Crippen molar-refractivity contribution in [1.82, 2.24) is 0 Å². The van der Waals surface area contributed by atoms with Gasteiger partial charge in [-0.3, -0.25) is 0 Å². The van der Waals surface area contributed by atoms with E-state index in [9.17, 15) is 0 Å². The van der Waals surface area contributed by atoms with E-state index in [-0.39, 0.29) is 0 Å². The number of hydrogen-bond donors (Lipinski definition) is 0. The maximum atomic E-state index is 5.89. The van der Waals surface area contributed by atoms with E-state index in [1.807, 2.05) is 24.3 Å². The van der Waals surface area contributed by atoms with Gasteiger partial charge in [0.15, 0.2) is 0 Å². The first-order valence-electron chi connectivity index (χ1n) is 4.29. The predicted molar refractivity (Wildman–Crippen MR) is 62.3 cm³/mol. The standard InChI is InChI=1S/C11H12BrCl/c1-2-3-4-5-9-8-10(13)6-7-11(9)12/h2,6-8H,1,3-5H2. The van der Waals surface area contributed by atoms with Crippen LogP contribution in [0.1, 0.15) is 18.4 Å². The average molecular weight is 260 g/mol. The molecule has 1 aromatic carbocycles. The van der Waals surface area contributed by atoms with Gasteiger partial charge in [-0.15, -0.1) is 6.58 Å². The summed E-state index contributed by atoms with van der Waals surface area (Å²) in [6, 6.07) is 5.89. The summed E-state index contributed by atoms with van der Waals surface area (Å²) in [5.41, 5.74) is 1.27. The lowest BCUT2D eigenvalue weighted by Crippen LogP contribution is -1.86. The molecule has 1 aromatic rings. The summed E-state index contributed by atoms with van der Waals surface area (Å²) in [5, 5.41) is 0.803. The Hall–Kier alpha value is -0.270. The van der Waals surface area contributed by atoms with Gasteiger partial charge in [0.05, 0.1) is 0 Å². The third-order valence-corrected chi connectivity index (χ3v) is 2.87. The van der Waals surface area contributed by atoms with Crippen molar-refractivity contribution in [3.8, 4) is 0 Å². The normalized spacial score (nSPS) is 10.0. The molecule has 0 heterocycles. The molecule has 0 bridgehead atoms. The summed E-state index contributed by atoms with van der Waals surface area (Å²) < 4.78 is 1.14. The van der Waals surface area contributed by atoms with Gasteiger partial charge in [-0.25, -0.2) is 0 Å². The quantitative estimate of drug-likeness (QED) is 0.547. The van der Waals surface area contributed by atoms with Crippen LogP contribution in [0.4, 0.5) is 0 Å². The lowest BCUT2D eigenvalue weighted by molar-refractivity contribution is 0.841. The first kappa shape index (κ1) is 10.8.